The molecule has 2 atom stereocenters. The minimum atomic E-state index is -0.0416. The number of likely N-dealkylation sites (tertiary alicyclic amines) is 1. The quantitative estimate of drug-likeness (QED) is 0.654. The summed E-state index contributed by atoms with van der Waals surface area (Å²) < 4.78 is 4.94. The summed E-state index contributed by atoms with van der Waals surface area (Å²) in [6.45, 7) is 6.63. The predicted molar refractivity (Wildman–Crippen MR) is 74.5 cm³/mol. The van der Waals surface area contributed by atoms with Crippen molar-refractivity contribution in [3.05, 3.63) is 0 Å². The van der Waals surface area contributed by atoms with Crippen LogP contribution in [0.4, 0.5) is 0 Å². The monoisotopic (exact) mass is 255 g/mol. The van der Waals surface area contributed by atoms with Gasteiger partial charge in [0.15, 0.2) is 0 Å². The highest BCUT2D eigenvalue weighted by atomic mass is 16.5. The molecule has 0 saturated carbocycles. The number of carbonyl (C=O) groups is 1. The van der Waals surface area contributed by atoms with E-state index in [1.165, 1.54) is 39.2 Å². The summed E-state index contributed by atoms with van der Waals surface area (Å²) >= 11 is 0. The maximum Gasteiger partial charge on any atom is 0.323 e. The maximum absolute atomic E-state index is 11.8. The van der Waals surface area contributed by atoms with Crippen LogP contribution in [0.15, 0.2) is 0 Å². The van der Waals surface area contributed by atoms with Gasteiger partial charge in [0.1, 0.15) is 6.04 Å². The van der Waals surface area contributed by atoms with Crippen molar-refractivity contribution >= 4 is 5.97 Å². The van der Waals surface area contributed by atoms with Crippen LogP contribution in [0.1, 0.15) is 58.8 Å². The molecule has 1 heterocycles. The van der Waals surface area contributed by atoms with Crippen molar-refractivity contribution in [3.8, 4) is 0 Å². The largest absolute Gasteiger partial charge is 0.468 e. The molecule has 0 aromatic carbocycles. The lowest BCUT2D eigenvalue weighted by Crippen LogP contribution is -2.47. The van der Waals surface area contributed by atoms with Crippen LogP contribution in [0, 0.1) is 5.92 Å². The minimum absolute atomic E-state index is 0.0134. The van der Waals surface area contributed by atoms with Crippen LogP contribution in [0.3, 0.4) is 0 Å². The zero-order valence-corrected chi connectivity index (χ0v) is 12.3. The Hall–Kier alpha value is -0.570. The summed E-state index contributed by atoms with van der Waals surface area (Å²) in [4.78, 5) is 14.2. The fraction of sp³-hybridized carbons (Fsp3) is 0.933. The Labute approximate surface area is 112 Å². The maximum atomic E-state index is 11.8. The molecular formula is C15H29NO2. The summed E-state index contributed by atoms with van der Waals surface area (Å²) in [6.07, 6.45) is 8.41. The van der Waals surface area contributed by atoms with Gasteiger partial charge in [-0.25, -0.2) is 0 Å². The molecular weight excluding hydrogens is 226 g/mol. The lowest BCUT2D eigenvalue weighted by atomic mass is 9.95. The molecule has 0 spiro atoms. The molecule has 18 heavy (non-hydrogen) atoms. The Kier molecular flexibility index (Phi) is 7.33. The zero-order valence-electron chi connectivity index (χ0n) is 12.3. The van der Waals surface area contributed by atoms with Crippen LogP contribution in [-0.4, -0.2) is 37.1 Å². The summed E-state index contributed by atoms with van der Waals surface area (Å²) in [7, 11) is 1.50. The first kappa shape index (κ1) is 15.5. The van der Waals surface area contributed by atoms with E-state index in [0.717, 1.165) is 31.8 Å². The van der Waals surface area contributed by atoms with Gasteiger partial charge < -0.3 is 4.74 Å². The second-order valence-electron chi connectivity index (χ2n) is 5.45. The van der Waals surface area contributed by atoms with E-state index in [0.29, 0.717) is 0 Å². The van der Waals surface area contributed by atoms with E-state index >= 15 is 0 Å². The van der Waals surface area contributed by atoms with Crippen molar-refractivity contribution in [2.75, 3.05) is 20.2 Å². The molecule has 0 bridgehead atoms. The number of esters is 1. The summed E-state index contributed by atoms with van der Waals surface area (Å²) in [5.41, 5.74) is 0. The van der Waals surface area contributed by atoms with Gasteiger partial charge in [0.25, 0.3) is 0 Å². The van der Waals surface area contributed by atoms with E-state index in [1.54, 1.807) is 0 Å². The van der Waals surface area contributed by atoms with E-state index in [4.69, 9.17) is 4.74 Å². The second-order valence-corrected chi connectivity index (χ2v) is 5.45. The first-order valence-electron chi connectivity index (χ1n) is 7.54. The zero-order chi connectivity index (χ0) is 13.4. The molecule has 3 heteroatoms. The fourth-order valence-corrected chi connectivity index (χ4v) is 2.86. The number of ether oxygens (including phenoxy) is 1. The topological polar surface area (TPSA) is 29.5 Å². The highest BCUT2D eigenvalue weighted by Crippen LogP contribution is 2.22. The molecule has 1 aliphatic rings. The molecule has 0 N–H and O–H groups in total. The van der Waals surface area contributed by atoms with Crippen LogP contribution in [0.2, 0.25) is 0 Å². The Morgan fingerprint density at radius 3 is 2.78 bits per heavy atom. The van der Waals surface area contributed by atoms with E-state index in [1.807, 2.05) is 0 Å². The van der Waals surface area contributed by atoms with Gasteiger partial charge in [-0.3, -0.25) is 9.69 Å². The molecule has 0 amide bonds. The van der Waals surface area contributed by atoms with Crippen molar-refractivity contribution in [3.63, 3.8) is 0 Å². The van der Waals surface area contributed by atoms with Gasteiger partial charge in [-0.05, 0) is 31.7 Å². The van der Waals surface area contributed by atoms with E-state index in [2.05, 4.69) is 18.7 Å². The van der Waals surface area contributed by atoms with Crippen molar-refractivity contribution < 1.29 is 9.53 Å². The third-order valence-electron chi connectivity index (χ3n) is 4.12. The van der Waals surface area contributed by atoms with Gasteiger partial charge in [0.05, 0.1) is 7.11 Å². The van der Waals surface area contributed by atoms with E-state index < -0.39 is 0 Å². The van der Waals surface area contributed by atoms with Gasteiger partial charge in [-0.1, -0.05) is 39.5 Å². The standard InChI is InChI=1S/C15H29NO2/c1-4-6-9-13(5-2)12-16-11-8-7-10-14(16)15(17)18-3/h13-14H,4-12H2,1-3H3. The molecule has 0 aromatic rings. The highest BCUT2D eigenvalue weighted by molar-refractivity contribution is 5.75. The molecule has 0 radical (unpaired) electrons. The molecule has 1 aliphatic heterocycles. The van der Waals surface area contributed by atoms with Gasteiger partial charge in [-0.15, -0.1) is 0 Å². The first-order valence-corrected chi connectivity index (χ1v) is 7.54. The summed E-state index contributed by atoms with van der Waals surface area (Å²) in [5.74, 6) is 0.690. The number of nitrogens with zero attached hydrogens (tertiary/aromatic N) is 1. The smallest absolute Gasteiger partial charge is 0.323 e. The Bertz CT molecular complexity index is 243. The van der Waals surface area contributed by atoms with Crippen molar-refractivity contribution in [2.45, 2.75) is 64.8 Å². The van der Waals surface area contributed by atoms with Gasteiger partial charge in [0, 0.05) is 6.54 Å². The van der Waals surface area contributed by atoms with Gasteiger partial charge in [0.2, 0.25) is 0 Å². The number of rotatable bonds is 7. The van der Waals surface area contributed by atoms with Crippen molar-refractivity contribution in [1.82, 2.24) is 4.90 Å². The average Bonchev–Trinajstić information content (AvgIpc) is 2.43. The SMILES string of the molecule is CCCCC(CC)CN1CCCCC1C(=O)OC. The fourth-order valence-electron chi connectivity index (χ4n) is 2.86. The lowest BCUT2D eigenvalue weighted by molar-refractivity contribution is -0.148. The number of unbranched alkanes of at least 4 members (excludes halogenated alkanes) is 1. The third-order valence-corrected chi connectivity index (χ3v) is 4.12. The van der Waals surface area contributed by atoms with E-state index in [9.17, 15) is 4.79 Å². The van der Waals surface area contributed by atoms with Crippen LogP contribution < -0.4 is 0 Å². The number of methoxy groups -OCH3 is 1. The normalized spacial score (nSPS) is 22.7. The Balaban J connectivity index is 2.51. The van der Waals surface area contributed by atoms with Crippen LogP contribution in [0.25, 0.3) is 0 Å². The third kappa shape index (κ3) is 4.60. The van der Waals surface area contributed by atoms with Gasteiger partial charge in [-0.2, -0.15) is 0 Å². The van der Waals surface area contributed by atoms with Crippen LogP contribution >= 0.6 is 0 Å². The Morgan fingerprint density at radius 1 is 1.39 bits per heavy atom. The van der Waals surface area contributed by atoms with E-state index in [-0.39, 0.29) is 12.0 Å². The minimum Gasteiger partial charge on any atom is -0.468 e. The number of carbonyl (C=O) groups excluding carboxylic acids is 1. The average molecular weight is 255 g/mol. The number of piperidine rings is 1. The highest BCUT2D eigenvalue weighted by Gasteiger charge is 2.30. The molecule has 0 aromatic heterocycles. The summed E-state index contributed by atoms with van der Waals surface area (Å²) in [6, 6.07) is 0.0134. The van der Waals surface area contributed by atoms with Crippen molar-refractivity contribution in [1.29, 1.82) is 0 Å². The summed E-state index contributed by atoms with van der Waals surface area (Å²) in [5, 5.41) is 0. The second kappa shape index (κ2) is 8.52. The van der Waals surface area contributed by atoms with Crippen molar-refractivity contribution in [2.24, 2.45) is 5.92 Å². The number of hydrogen-bond acceptors (Lipinski definition) is 3. The molecule has 2 unspecified atom stereocenters. The molecule has 106 valence electrons. The molecule has 1 fully saturated rings. The number of hydrogen-bond donors (Lipinski definition) is 0. The molecule has 1 saturated heterocycles. The first-order chi connectivity index (χ1) is 8.72. The lowest BCUT2D eigenvalue weighted by Gasteiger charge is -2.36. The predicted octanol–water partition coefficient (Wildman–Crippen LogP) is 3.23. The van der Waals surface area contributed by atoms with Crippen LogP contribution in [0.5, 0.6) is 0 Å². The molecule has 1 rings (SSSR count). The molecule has 0 aliphatic carbocycles. The molecule has 3 nitrogen and oxygen atoms in total. The Morgan fingerprint density at radius 2 is 2.17 bits per heavy atom. The van der Waals surface area contributed by atoms with Crippen LogP contribution in [-0.2, 0) is 9.53 Å². The van der Waals surface area contributed by atoms with Gasteiger partial charge >= 0.3 is 5.97 Å².